The van der Waals surface area contributed by atoms with Crippen molar-refractivity contribution in [1.29, 1.82) is 0 Å². The Labute approximate surface area is 149 Å². The van der Waals surface area contributed by atoms with Gasteiger partial charge in [-0.05, 0) is 6.07 Å². The zero-order chi connectivity index (χ0) is 18.1. The molecule has 134 valence electrons. The highest BCUT2D eigenvalue weighted by atomic mass is 16.5. The van der Waals surface area contributed by atoms with Gasteiger partial charge >= 0.3 is 0 Å². The molecule has 4 aromatic rings. The van der Waals surface area contributed by atoms with Crippen LogP contribution in [-0.4, -0.2) is 40.9 Å². The van der Waals surface area contributed by atoms with E-state index in [-0.39, 0.29) is 0 Å². The average Bonchev–Trinajstić information content (AvgIpc) is 3.22. The molecule has 0 aliphatic heterocycles. The second-order valence-electron chi connectivity index (χ2n) is 5.68. The molecule has 0 aliphatic rings. The number of H-pyrrole nitrogens is 1. The summed E-state index contributed by atoms with van der Waals surface area (Å²) in [7, 11) is 4.87. The molecule has 2 N–H and O–H groups in total. The molecule has 0 amide bonds. The number of fused-ring (bicyclic) bond motifs is 3. The van der Waals surface area contributed by atoms with Crippen molar-refractivity contribution in [3.63, 3.8) is 0 Å². The van der Waals surface area contributed by atoms with E-state index in [0.29, 0.717) is 29.8 Å². The Kier molecular flexibility index (Phi) is 4.00. The summed E-state index contributed by atoms with van der Waals surface area (Å²) in [6, 6.07) is 11.6. The van der Waals surface area contributed by atoms with E-state index in [9.17, 15) is 0 Å². The van der Waals surface area contributed by atoms with Gasteiger partial charge in [-0.15, -0.1) is 0 Å². The van der Waals surface area contributed by atoms with E-state index in [1.165, 1.54) is 0 Å². The maximum Gasteiger partial charge on any atom is 0.253 e. The zero-order valence-electron chi connectivity index (χ0n) is 14.7. The van der Waals surface area contributed by atoms with Crippen LogP contribution in [0, 0.1) is 0 Å². The van der Waals surface area contributed by atoms with Gasteiger partial charge < -0.3 is 19.5 Å². The normalized spacial score (nSPS) is 11.0. The highest BCUT2D eigenvalue weighted by Crippen LogP contribution is 2.32. The summed E-state index contributed by atoms with van der Waals surface area (Å²) in [5.74, 6) is 3.29. The first-order chi connectivity index (χ1) is 12.7. The van der Waals surface area contributed by atoms with Gasteiger partial charge in [-0.2, -0.15) is 4.98 Å². The lowest BCUT2D eigenvalue weighted by Gasteiger charge is -2.08. The Hall–Kier alpha value is -3.42. The van der Waals surface area contributed by atoms with Crippen molar-refractivity contribution in [2.75, 3.05) is 26.6 Å². The maximum absolute atomic E-state index is 5.37. The third kappa shape index (κ3) is 2.65. The molecule has 4 rings (SSSR count). The summed E-state index contributed by atoms with van der Waals surface area (Å²) in [4.78, 5) is 9.02. The first-order valence-corrected chi connectivity index (χ1v) is 8.09. The van der Waals surface area contributed by atoms with Crippen LogP contribution in [-0.2, 0) is 6.54 Å². The fourth-order valence-corrected chi connectivity index (χ4v) is 2.91. The molecule has 0 bridgehead atoms. The van der Waals surface area contributed by atoms with Gasteiger partial charge in [0, 0.05) is 24.2 Å². The number of para-hydroxylation sites is 1. The standard InChI is InChI=1S/C18H19N5O3/c1-24-14-7-5-4-6-11(14)10-19-17-21-18-20-12-8-15(25-2)16(26-3)9-13(12)23(18)22-17/h4-9H,10H2,1-3H3,(H2,19,20,21,22). The van der Waals surface area contributed by atoms with Crippen molar-refractivity contribution in [3.05, 3.63) is 42.0 Å². The van der Waals surface area contributed by atoms with Crippen LogP contribution in [0.2, 0.25) is 0 Å². The smallest absolute Gasteiger partial charge is 0.253 e. The van der Waals surface area contributed by atoms with Crippen LogP contribution in [0.3, 0.4) is 0 Å². The predicted octanol–water partition coefficient (Wildman–Crippen LogP) is 2.85. The summed E-state index contributed by atoms with van der Waals surface area (Å²) in [6.45, 7) is 0.579. The Morgan fingerprint density at radius 2 is 1.69 bits per heavy atom. The lowest BCUT2D eigenvalue weighted by molar-refractivity contribution is 0.355. The number of anilines is 1. The van der Waals surface area contributed by atoms with E-state index in [1.54, 1.807) is 21.3 Å². The van der Waals surface area contributed by atoms with Gasteiger partial charge in [0.25, 0.3) is 5.78 Å². The summed E-state index contributed by atoms with van der Waals surface area (Å²) in [5, 5.41) is 6.47. The average molecular weight is 353 g/mol. The predicted molar refractivity (Wildman–Crippen MR) is 98.3 cm³/mol. The van der Waals surface area contributed by atoms with Gasteiger partial charge in [-0.3, -0.25) is 5.10 Å². The molecule has 2 heterocycles. The number of imidazole rings is 1. The minimum absolute atomic E-state index is 0.567. The first-order valence-electron chi connectivity index (χ1n) is 8.09. The van der Waals surface area contributed by atoms with E-state index in [1.807, 2.05) is 40.9 Å². The van der Waals surface area contributed by atoms with Gasteiger partial charge in [-0.1, -0.05) is 18.2 Å². The van der Waals surface area contributed by atoms with Crippen molar-refractivity contribution >= 4 is 22.8 Å². The van der Waals surface area contributed by atoms with Gasteiger partial charge in [0.1, 0.15) is 5.75 Å². The third-order valence-corrected chi connectivity index (χ3v) is 4.21. The minimum atomic E-state index is 0.567. The van der Waals surface area contributed by atoms with Crippen LogP contribution in [0.4, 0.5) is 5.95 Å². The molecule has 0 radical (unpaired) electrons. The van der Waals surface area contributed by atoms with Gasteiger partial charge in [0.2, 0.25) is 5.95 Å². The van der Waals surface area contributed by atoms with E-state index < -0.39 is 0 Å². The van der Waals surface area contributed by atoms with Crippen molar-refractivity contribution in [2.45, 2.75) is 6.54 Å². The topological polar surface area (TPSA) is 85.7 Å². The van der Waals surface area contributed by atoms with E-state index in [2.05, 4.69) is 20.4 Å². The van der Waals surface area contributed by atoms with Crippen LogP contribution < -0.4 is 19.5 Å². The zero-order valence-corrected chi connectivity index (χ0v) is 14.7. The van der Waals surface area contributed by atoms with E-state index in [0.717, 1.165) is 22.3 Å². The van der Waals surface area contributed by atoms with E-state index >= 15 is 0 Å². The second kappa shape index (κ2) is 6.47. The molecule has 26 heavy (non-hydrogen) atoms. The van der Waals surface area contributed by atoms with Crippen LogP contribution in [0.25, 0.3) is 16.8 Å². The van der Waals surface area contributed by atoms with Crippen molar-refractivity contribution in [2.24, 2.45) is 0 Å². The van der Waals surface area contributed by atoms with Crippen LogP contribution in [0.5, 0.6) is 17.2 Å². The lowest BCUT2D eigenvalue weighted by Crippen LogP contribution is -2.03. The number of hydrogen-bond donors (Lipinski definition) is 2. The Balaban J connectivity index is 1.65. The minimum Gasteiger partial charge on any atom is -0.496 e. The summed E-state index contributed by atoms with van der Waals surface area (Å²) < 4.78 is 17.9. The molecule has 2 aromatic carbocycles. The molecule has 0 spiro atoms. The van der Waals surface area contributed by atoms with Crippen LogP contribution in [0.1, 0.15) is 5.56 Å². The van der Waals surface area contributed by atoms with Crippen LogP contribution >= 0.6 is 0 Å². The molecule has 0 saturated carbocycles. The summed E-state index contributed by atoms with van der Waals surface area (Å²) in [5.41, 5.74) is 2.67. The highest BCUT2D eigenvalue weighted by Gasteiger charge is 2.14. The number of nitrogens with one attached hydrogen (secondary N) is 2. The molecule has 0 atom stereocenters. The number of hydrogen-bond acceptors (Lipinski definition) is 6. The molecule has 8 heteroatoms. The Morgan fingerprint density at radius 3 is 2.46 bits per heavy atom. The second-order valence-corrected chi connectivity index (χ2v) is 5.68. The third-order valence-electron chi connectivity index (χ3n) is 4.21. The quantitative estimate of drug-likeness (QED) is 0.554. The molecular weight excluding hydrogens is 334 g/mol. The Bertz CT molecular complexity index is 1070. The van der Waals surface area contributed by atoms with Crippen molar-refractivity contribution < 1.29 is 14.2 Å². The molecule has 0 saturated heterocycles. The molecule has 0 fully saturated rings. The largest absolute Gasteiger partial charge is 0.496 e. The van der Waals surface area contributed by atoms with Gasteiger partial charge in [-0.25, -0.2) is 9.50 Å². The number of nitrogens with zero attached hydrogens (tertiary/aromatic N) is 3. The van der Waals surface area contributed by atoms with E-state index in [4.69, 9.17) is 14.2 Å². The summed E-state index contributed by atoms with van der Waals surface area (Å²) in [6.07, 6.45) is 0. The fourth-order valence-electron chi connectivity index (χ4n) is 2.91. The maximum atomic E-state index is 5.37. The van der Waals surface area contributed by atoms with Crippen molar-refractivity contribution in [1.82, 2.24) is 19.6 Å². The number of aromatic nitrogens is 4. The summed E-state index contributed by atoms with van der Waals surface area (Å²) >= 11 is 0. The lowest BCUT2D eigenvalue weighted by atomic mass is 10.2. The Morgan fingerprint density at radius 1 is 0.962 bits per heavy atom. The highest BCUT2D eigenvalue weighted by molar-refractivity contribution is 5.83. The monoisotopic (exact) mass is 353 g/mol. The SMILES string of the molecule is COc1ccccc1CNc1nc2nc3cc(OC)c(OC)cc3n2[nH]1. The van der Waals surface area contributed by atoms with Gasteiger partial charge in [0.05, 0.1) is 32.4 Å². The number of aromatic amines is 1. The number of ether oxygens (including phenoxy) is 3. The molecule has 0 aliphatic carbocycles. The first kappa shape index (κ1) is 16.1. The van der Waals surface area contributed by atoms with Crippen molar-refractivity contribution in [3.8, 4) is 17.2 Å². The molecular formula is C18H19N5O3. The number of rotatable bonds is 6. The van der Waals surface area contributed by atoms with Gasteiger partial charge in [0.15, 0.2) is 11.5 Å². The number of benzene rings is 2. The van der Waals surface area contributed by atoms with Crippen LogP contribution in [0.15, 0.2) is 36.4 Å². The molecule has 2 aromatic heterocycles. The molecule has 8 nitrogen and oxygen atoms in total. The fraction of sp³-hybridized carbons (Fsp3) is 0.222. The number of methoxy groups -OCH3 is 3. The molecule has 0 unspecified atom stereocenters.